The van der Waals surface area contributed by atoms with Crippen molar-refractivity contribution in [2.75, 3.05) is 26.2 Å². The molecule has 7 heteroatoms. The summed E-state index contributed by atoms with van der Waals surface area (Å²) in [5.41, 5.74) is 0. The van der Waals surface area contributed by atoms with E-state index in [1.807, 2.05) is 6.92 Å². The lowest BCUT2D eigenvalue weighted by atomic mass is 10.1. The quantitative estimate of drug-likeness (QED) is 0.808. The zero-order valence-corrected chi connectivity index (χ0v) is 13.2. The summed E-state index contributed by atoms with van der Waals surface area (Å²) in [6.45, 7) is 3.62. The fraction of sp³-hybridized carbons (Fsp3) is 0.467. The first kappa shape index (κ1) is 16.4. The summed E-state index contributed by atoms with van der Waals surface area (Å²) in [7, 11) is 0. The largest absolute Gasteiger partial charge is 0.492 e. The fourth-order valence-electron chi connectivity index (χ4n) is 2.32. The Hall–Kier alpha value is -1.95. The topological polar surface area (TPSA) is 70.7 Å². The Kier molecular flexibility index (Phi) is 5.89. The molecule has 120 valence electrons. The molecule has 1 heterocycles. The van der Waals surface area contributed by atoms with E-state index in [2.05, 4.69) is 10.6 Å². The van der Waals surface area contributed by atoms with Crippen LogP contribution in [0.3, 0.4) is 0 Å². The maximum absolute atomic E-state index is 12.1. The minimum atomic E-state index is -0.397. The summed E-state index contributed by atoms with van der Waals surface area (Å²) >= 11 is 5.79. The van der Waals surface area contributed by atoms with Crippen LogP contribution in [-0.4, -0.2) is 49.1 Å². The van der Waals surface area contributed by atoms with Gasteiger partial charge in [-0.25, -0.2) is 4.79 Å². The molecule has 1 aliphatic heterocycles. The van der Waals surface area contributed by atoms with Gasteiger partial charge in [0.1, 0.15) is 18.4 Å². The SMILES string of the molecule is CC[C@H]1C(=O)NCCN1C(=O)NCCOc1ccc(Cl)cc1. The van der Waals surface area contributed by atoms with Gasteiger partial charge in [-0.05, 0) is 30.7 Å². The van der Waals surface area contributed by atoms with Crippen LogP contribution < -0.4 is 15.4 Å². The summed E-state index contributed by atoms with van der Waals surface area (Å²) in [4.78, 5) is 25.4. The molecule has 0 bridgehead atoms. The molecule has 0 saturated carbocycles. The number of hydrogen-bond donors (Lipinski definition) is 2. The second-order valence-corrected chi connectivity index (χ2v) is 5.38. The van der Waals surface area contributed by atoms with Gasteiger partial charge in [-0.2, -0.15) is 0 Å². The Bertz CT molecular complexity index is 521. The van der Waals surface area contributed by atoms with Gasteiger partial charge in [-0.15, -0.1) is 0 Å². The number of halogens is 1. The summed E-state index contributed by atoms with van der Waals surface area (Å²) < 4.78 is 5.50. The molecule has 2 rings (SSSR count). The van der Waals surface area contributed by atoms with Crippen molar-refractivity contribution in [2.24, 2.45) is 0 Å². The first-order chi connectivity index (χ1) is 10.6. The van der Waals surface area contributed by atoms with Crippen LogP contribution in [0.1, 0.15) is 13.3 Å². The van der Waals surface area contributed by atoms with Gasteiger partial charge in [0, 0.05) is 18.1 Å². The van der Waals surface area contributed by atoms with Crippen LogP contribution in [0.15, 0.2) is 24.3 Å². The predicted molar refractivity (Wildman–Crippen MR) is 84.1 cm³/mol. The molecular weight excluding hydrogens is 306 g/mol. The lowest BCUT2D eigenvalue weighted by Gasteiger charge is -2.34. The lowest BCUT2D eigenvalue weighted by Crippen LogP contribution is -2.59. The molecule has 0 unspecified atom stereocenters. The molecule has 0 aliphatic carbocycles. The van der Waals surface area contributed by atoms with E-state index < -0.39 is 6.04 Å². The molecule has 0 radical (unpaired) electrons. The average Bonchev–Trinajstić information content (AvgIpc) is 2.52. The van der Waals surface area contributed by atoms with Crippen molar-refractivity contribution < 1.29 is 14.3 Å². The maximum atomic E-state index is 12.1. The zero-order valence-electron chi connectivity index (χ0n) is 12.5. The van der Waals surface area contributed by atoms with Gasteiger partial charge in [0.2, 0.25) is 5.91 Å². The van der Waals surface area contributed by atoms with Crippen molar-refractivity contribution in [1.82, 2.24) is 15.5 Å². The molecule has 0 aromatic heterocycles. The number of benzene rings is 1. The summed E-state index contributed by atoms with van der Waals surface area (Å²) in [6, 6.07) is 6.40. The van der Waals surface area contributed by atoms with E-state index in [4.69, 9.17) is 16.3 Å². The summed E-state index contributed by atoms with van der Waals surface area (Å²) in [6.07, 6.45) is 0.598. The van der Waals surface area contributed by atoms with Gasteiger partial charge in [0.15, 0.2) is 0 Å². The average molecular weight is 326 g/mol. The van der Waals surface area contributed by atoms with Crippen LogP contribution in [0.4, 0.5) is 4.79 Å². The maximum Gasteiger partial charge on any atom is 0.318 e. The minimum Gasteiger partial charge on any atom is -0.492 e. The molecular formula is C15H20ClN3O3. The lowest BCUT2D eigenvalue weighted by molar-refractivity contribution is -0.127. The monoisotopic (exact) mass is 325 g/mol. The van der Waals surface area contributed by atoms with Crippen molar-refractivity contribution in [1.29, 1.82) is 0 Å². The van der Waals surface area contributed by atoms with E-state index in [0.29, 0.717) is 43.4 Å². The second kappa shape index (κ2) is 7.89. The third-order valence-corrected chi connectivity index (χ3v) is 3.69. The standard InChI is InChI=1S/C15H20ClN3O3/c1-2-13-14(20)17-7-9-19(13)15(21)18-8-10-22-12-5-3-11(16)4-6-12/h3-6,13H,2,7-10H2,1H3,(H,17,20)(H,18,21)/t13-/m0/s1. The second-order valence-electron chi connectivity index (χ2n) is 4.94. The molecule has 1 fully saturated rings. The Morgan fingerprint density at radius 1 is 1.45 bits per heavy atom. The van der Waals surface area contributed by atoms with Crippen LogP contribution in [0.25, 0.3) is 0 Å². The van der Waals surface area contributed by atoms with E-state index in [1.54, 1.807) is 29.2 Å². The molecule has 2 N–H and O–H groups in total. The highest BCUT2D eigenvalue weighted by molar-refractivity contribution is 6.30. The van der Waals surface area contributed by atoms with E-state index in [-0.39, 0.29) is 11.9 Å². The van der Waals surface area contributed by atoms with Crippen LogP contribution in [0.2, 0.25) is 5.02 Å². The number of rotatable bonds is 5. The zero-order chi connectivity index (χ0) is 15.9. The van der Waals surface area contributed by atoms with Crippen LogP contribution >= 0.6 is 11.6 Å². The Morgan fingerprint density at radius 3 is 2.86 bits per heavy atom. The molecule has 1 aromatic carbocycles. The molecule has 0 spiro atoms. The van der Waals surface area contributed by atoms with Crippen molar-refractivity contribution >= 4 is 23.5 Å². The number of hydrogen-bond acceptors (Lipinski definition) is 3. The van der Waals surface area contributed by atoms with Crippen LogP contribution in [0.5, 0.6) is 5.75 Å². The first-order valence-corrected chi connectivity index (χ1v) is 7.70. The van der Waals surface area contributed by atoms with Gasteiger partial charge in [0.25, 0.3) is 0 Å². The third kappa shape index (κ3) is 4.27. The summed E-state index contributed by atoms with van der Waals surface area (Å²) in [5.74, 6) is 0.601. The molecule has 6 nitrogen and oxygen atoms in total. The molecule has 1 aromatic rings. The van der Waals surface area contributed by atoms with E-state index in [9.17, 15) is 9.59 Å². The van der Waals surface area contributed by atoms with Gasteiger partial charge in [-0.3, -0.25) is 4.79 Å². The molecule has 22 heavy (non-hydrogen) atoms. The number of nitrogens with zero attached hydrogens (tertiary/aromatic N) is 1. The highest BCUT2D eigenvalue weighted by Gasteiger charge is 2.31. The third-order valence-electron chi connectivity index (χ3n) is 3.44. The minimum absolute atomic E-state index is 0.0960. The van der Waals surface area contributed by atoms with Gasteiger partial charge < -0.3 is 20.3 Å². The smallest absolute Gasteiger partial charge is 0.318 e. The van der Waals surface area contributed by atoms with Crippen molar-refractivity contribution in [3.05, 3.63) is 29.3 Å². The number of piperazine rings is 1. The highest BCUT2D eigenvalue weighted by atomic mass is 35.5. The normalized spacial score (nSPS) is 17.8. The summed E-state index contributed by atoms with van der Waals surface area (Å²) in [5, 5.41) is 6.19. The number of carbonyl (C=O) groups excluding carboxylic acids is 2. The number of amides is 3. The fourth-order valence-corrected chi connectivity index (χ4v) is 2.45. The number of nitrogens with one attached hydrogen (secondary N) is 2. The molecule has 1 aliphatic rings. The highest BCUT2D eigenvalue weighted by Crippen LogP contribution is 2.15. The van der Waals surface area contributed by atoms with Crippen LogP contribution in [0, 0.1) is 0 Å². The molecule has 3 amide bonds. The molecule has 1 atom stereocenters. The van der Waals surface area contributed by atoms with E-state index >= 15 is 0 Å². The van der Waals surface area contributed by atoms with Crippen LogP contribution in [-0.2, 0) is 4.79 Å². The van der Waals surface area contributed by atoms with Gasteiger partial charge in [0.05, 0.1) is 6.54 Å². The van der Waals surface area contributed by atoms with Gasteiger partial charge >= 0.3 is 6.03 Å². The van der Waals surface area contributed by atoms with Crippen molar-refractivity contribution in [3.8, 4) is 5.75 Å². The molecule has 1 saturated heterocycles. The number of carbonyl (C=O) groups is 2. The van der Waals surface area contributed by atoms with Crippen molar-refractivity contribution in [3.63, 3.8) is 0 Å². The van der Waals surface area contributed by atoms with E-state index in [1.165, 1.54) is 0 Å². The predicted octanol–water partition coefficient (Wildman–Crippen LogP) is 1.64. The number of ether oxygens (including phenoxy) is 1. The number of urea groups is 1. The first-order valence-electron chi connectivity index (χ1n) is 7.32. The van der Waals surface area contributed by atoms with Crippen molar-refractivity contribution in [2.45, 2.75) is 19.4 Å². The van der Waals surface area contributed by atoms with Gasteiger partial charge in [-0.1, -0.05) is 18.5 Å². The van der Waals surface area contributed by atoms with E-state index in [0.717, 1.165) is 0 Å². The Morgan fingerprint density at radius 2 is 2.18 bits per heavy atom. The Balaban J connectivity index is 1.75. The Labute approximate surface area is 134 Å².